The first-order chi connectivity index (χ1) is 13.6. The highest BCUT2D eigenvalue weighted by Crippen LogP contribution is 2.23. The van der Waals surface area contributed by atoms with Crippen LogP contribution in [0.15, 0.2) is 69.1 Å². The normalized spacial score (nSPS) is 11.1. The highest BCUT2D eigenvalue weighted by Gasteiger charge is 2.13. The molecule has 0 amide bonds. The lowest BCUT2D eigenvalue weighted by Crippen LogP contribution is -2.24. The summed E-state index contributed by atoms with van der Waals surface area (Å²) in [7, 11) is 1.63. The molecule has 0 bridgehead atoms. The number of fused-ring (bicyclic) bond motifs is 1. The topological polar surface area (TPSA) is 70.2 Å². The lowest BCUT2D eigenvalue weighted by atomic mass is 10.2. The van der Waals surface area contributed by atoms with Crippen molar-refractivity contribution in [3.8, 4) is 5.75 Å². The van der Waals surface area contributed by atoms with Crippen LogP contribution in [0.1, 0.15) is 17.0 Å². The maximum Gasteiger partial charge on any atom is 0.262 e. The molecule has 28 heavy (non-hydrogen) atoms. The number of thioether (sulfide) groups is 1. The second kappa shape index (κ2) is 7.90. The Balaban J connectivity index is 1.72. The fraction of sp³-hybridized carbons (Fsp3) is 0.190. The lowest BCUT2D eigenvalue weighted by molar-refractivity contribution is 0.393. The molecule has 2 heterocycles. The highest BCUT2D eigenvalue weighted by molar-refractivity contribution is 7.98. The number of rotatable bonds is 6. The van der Waals surface area contributed by atoms with Crippen molar-refractivity contribution >= 4 is 22.7 Å². The van der Waals surface area contributed by atoms with Gasteiger partial charge < -0.3 is 9.26 Å². The third kappa shape index (κ3) is 3.80. The van der Waals surface area contributed by atoms with E-state index in [4.69, 9.17) is 14.2 Å². The number of benzene rings is 2. The molecule has 7 heteroatoms. The lowest BCUT2D eigenvalue weighted by Gasteiger charge is -2.13. The van der Waals surface area contributed by atoms with Crippen molar-refractivity contribution in [1.82, 2.24) is 14.7 Å². The zero-order valence-corrected chi connectivity index (χ0v) is 16.4. The predicted molar refractivity (Wildman–Crippen MR) is 109 cm³/mol. The Hall–Kier alpha value is -3.06. The van der Waals surface area contributed by atoms with Gasteiger partial charge in [-0.15, -0.1) is 0 Å². The van der Waals surface area contributed by atoms with Gasteiger partial charge in [0.15, 0.2) is 5.16 Å². The second-order valence-corrected chi connectivity index (χ2v) is 7.31. The molecule has 0 saturated heterocycles. The molecule has 2 aromatic carbocycles. The fourth-order valence-electron chi connectivity index (χ4n) is 2.94. The number of hydrogen-bond acceptors (Lipinski definition) is 6. The van der Waals surface area contributed by atoms with Crippen molar-refractivity contribution in [1.29, 1.82) is 0 Å². The number of para-hydroxylation sites is 1. The minimum atomic E-state index is -0.0553. The highest BCUT2D eigenvalue weighted by atomic mass is 32.2. The van der Waals surface area contributed by atoms with Crippen LogP contribution in [0.3, 0.4) is 0 Å². The van der Waals surface area contributed by atoms with Crippen molar-refractivity contribution in [2.45, 2.75) is 24.4 Å². The van der Waals surface area contributed by atoms with Gasteiger partial charge in [-0.3, -0.25) is 9.36 Å². The Kier molecular flexibility index (Phi) is 5.16. The number of methoxy groups -OCH3 is 1. The largest absolute Gasteiger partial charge is 0.497 e. The predicted octanol–water partition coefficient (Wildman–Crippen LogP) is 4.04. The summed E-state index contributed by atoms with van der Waals surface area (Å²) in [5, 5.41) is 5.29. The molecule has 6 nitrogen and oxygen atoms in total. The Morgan fingerprint density at radius 2 is 1.93 bits per heavy atom. The summed E-state index contributed by atoms with van der Waals surface area (Å²) in [6, 6.07) is 17.0. The van der Waals surface area contributed by atoms with Crippen LogP contribution >= 0.6 is 11.8 Å². The maximum absolute atomic E-state index is 13.1. The van der Waals surface area contributed by atoms with E-state index in [1.807, 2.05) is 61.5 Å². The third-order valence-electron chi connectivity index (χ3n) is 4.35. The molecule has 0 fully saturated rings. The summed E-state index contributed by atoms with van der Waals surface area (Å²) >= 11 is 1.47. The van der Waals surface area contributed by atoms with Crippen LogP contribution in [-0.2, 0) is 12.3 Å². The van der Waals surface area contributed by atoms with E-state index in [1.54, 1.807) is 11.7 Å². The summed E-state index contributed by atoms with van der Waals surface area (Å²) in [5.74, 6) is 2.12. The smallest absolute Gasteiger partial charge is 0.262 e. The average molecular weight is 393 g/mol. The van der Waals surface area contributed by atoms with Gasteiger partial charge in [0, 0.05) is 11.8 Å². The van der Waals surface area contributed by atoms with Crippen molar-refractivity contribution < 1.29 is 9.26 Å². The molecule has 0 N–H and O–H groups in total. The fourth-order valence-corrected chi connectivity index (χ4v) is 3.81. The van der Waals surface area contributed by atoms with E-state index < -0.39 is 0 Å². The van der Waals surface area contributed by atoms with Gasteiger partial charge in [0.05, 0.1) is 30.3 Å². The SMILES string of the molecule is COc1ccc(Cn2c(SCc3cc(C)on3)nc3ccccc3c2=O)cc1. The first kappa shape index (κ1) is 18.3. The summed E-state index contributed by atoms with van der Waals surface area (Å²) in [5.41, 5.74) is 2.46. The monoisotopic (exact) mass is 393 g/mol. The molecule has 2 aromatic heterocycles. The van der Waals surface area contributed by atoms with Gasteiger partial charge in [0.1, 0.15) is 11.5 Å². The van der Waals surface area contributed by atoms with Crippen molar-refractivity contribution in [2.24, 2.45) is 0 Å². The Morgan fingerprint density at radius 1 is 1.14 bits per heavy atom. The van der Waals surface area contributed by atoms with Crippen molar-refractivity contribution in [2.75, 3.05) is 7.11 Å². The molecule has 4 aromatic rings. The van der Waals surface area contributed by atoms with Gasteiger partial charge >= 0.3 is 0 Å². The number of aryl methyl sites for hydroxylation is 1. The number of hydrogen-bond donors (Lipinski definition) is 0. The van der Waals surface area contributed by atoms with E-state index >= 15 is 0 Å². The number of nitrogens with zero attached hydrogens (tertiary/aromatic N) is 3. The minimum absolute atomic E-state index is 0.0553. The van der Waals surface area contributed by atoms with Crippen LogP contribution in [0.4, 0.5) is 0 Å². The quantitative estimate of drug-likeness (QED) is 0.364. The number of aromatic nitrogens is 3. The van der Waals surface area contributed by atoms with Gasteiger partial charge in [-0.05, 0) is 36.8 Å². The third-order valence-corrected chi connectivity index (χ3v) is 5.36. The molecule has 0 atom stereocenters. The molecule has 0 saturated carbocycles. The van der Waals surface area contributed by atoms with Crippen LogP contribution in [0.5, 0.6) is 5.75 Å². The molecule has 0 aliphatic heterocycles. The van der Waals surface area contributed by atoms with Gasteiger partial charge in [-0.1, -0.05) is 41.2 Å². The Labute approximate surface area is 166 Å². The van der Waals surface area contributed by atoms with Crippen LogP contribution in [0, 0.1) is 6.92 Å². The molecule has 0 aliphatic carbocycles. The van der Waals surface area contributed by atoms with E-state index in [0.717, 1.165) is 22.8 Å². The molecule has 0 unspecified atom stereocenters. The standard InChI is InChI=1S/C21H19N3O3S/c1-14-11-16(23-27-14)13-28-21-22-19-6-4-3-5-18(19)20(25)24(21)12-15-7-9-17(26-2)10-8-15/h3-11H,12-13H2,1-2H3. The summed E-state index contributed by atoms with van der Waals surface area (Å²) in [6.07, 6.45) is 0. The molecule has 0 aliphatic rings. The first-order valence-electron chi connectivity index (χ1n) is 8.81. The summed E-state index contributed by atoms with van der Waals surface area (Å²) in [4.78, 5) is 17.9. The van der Waals surface area contributed by atoms with Crippen LogP contribution in [0.2, 0.25) is 0 Å². The minimum Gasteiger partial charge on any atom is -0.497 e. The molecule has 0 radical (unpaired) electrons. The average Bonchev–Trinajstić information content (AvgIpc) is 3.14. The van der Waals surface area contributed by atoms with Crippen LogP contribution in [0.25, 0.3) is 10.9 Å². The summed E-state index contributed by atoms with van der Waals surface area (Å²) in [6.45, 7) is 2.29. The molecule has 142 valence electrons. The molecular weight excluding hydrogens is 374 g/mol. The van der Waals surface area contributed by atoms with Gasteiger partial charge in [-0.2, -0.15) is 0 Å². The van der Waals surface area contributed by atoms with Crippen molar-refractivity contribution in [3.63, 3.8) is 0 Å². The van der Waals surface area contributed by atoms with Crippen molar-refractivity contribution in [3.05, 3.63) is 82.0 Å². The van der Waals surface area contributed by atoms with Crippen LogP contribution in [-0.4, -0.2) is 21.8 Å². The Bertz CT molecular complexity index is 1170. The van der Waals surface area contributed by atoms with Gasteiger partial charge in [0.2, 0.25) is 0 Å². The van der Waals surface area contributed by atoms with Gasteiger partial charge in [0.25, 0.3) is 5.56 Å². The molecule has 0 spiro atoms. The summed E-state index contributed by atoms with van der Waals surface area (Å²) < 4.78 is 12.1. The second-order valence-electron chi connectivity index (χ2n) is 6.37. The first-order valence-corrected chi connectivity index (χ1v) is 9.80. The van der Waals surface area contributed by atoms with E-state index in [0.29, 0.717) is 28.4 Å². The maximum atomic E-state index is 13.1. The van der Waals surface area contributed by atoms with E-state index in [9.17, 15) is 4.79 Å². The van der Waals surface area contributed by atoms with Crippen LogP contribution < -0.4 is 10.3 Å². The molecule has 4 rings (SSSR count). The van der Waals surface area contributed by atoms with E-state index in [-0.39, 0.29) is 5.56 Å². The zero-order valence-electron chi connectivity index (χ0n) is 15.6. The van der Waals surface area contributed by atoms with E-state index in [1.165, 1.54) is 11.8 Å². The number of ether oxygens (including phenoxy) is 1. The Morgan fingerprint density at radius 3 is 2.64 bits per heavy atom. The van der Waals surface area contributed by atoms with Gasteiger partial charge in [-0.25, -0.2) is 4.98 Å². The zero-order chi connectivity index (χ0) is 19.5. The molecular formula is C21H19N3O3S. The van der Waals surface area contributed by atoms with E-state index in [2.05, 4.69) is 5.16 Å².